The molecule has 21 heavy (non-hydrogen) atoms. The Hall–Kier alpha value is -0.820. The third-order valence-electron chi connectivity index (χ3n) is 3.60. The van der Waals surface area contributed by atoms with E-state index in [1.807, 2.05) is 13.8 Å². The maximum atomic E-state index is 12.3. The summed E-state index contributed by atoms with van der Waals surface area (Å²) in [6.45, 7) is 3.86. The molecule has 1 fully saturated rings. The quantitative estimate of drug-likeness (QED) is 0.874. The molecule has 1 aromatic rings. The molecule has 5 nitrogen and oxygen atoms in total. The number of rotatable bonds is 4. The van der Waals surface area contributed by atoms with E-state index in [-0.39, 0.29) is 26.0 Å². The van der Waals surface area contributed by atoms with Gasteiger partial charge in [0.2, 0.25) is 10.0 Å². The summed E-state index contributed by atoms with van der Waals surface area (Å²) >= 11 is 11.7. The Morgan fingerprint density at radius 2 is 1.90 bits per heavy atom. The molecule has 116 valence electrons. The van der Waals surface area contributed by atoms with Crippen molar-refractivity contribution in [1.82, 2.24) is 5.32 Å². The largest absolute Gasteiger partial charge is 0.347 e. The van der Waals surface area contributed by atoms with Crippen LogP contribution < -0.4 is 10.5 Å². The first-order chi connectivity index (χ1) is 9.52. The molecule has 1 aliphatic rings. The zero-order chi connectivity index (χ0) is 16.0. The van der Waals surface area contributed by atoms with Crippen LogP contribution in [0, 0.1) is 5.92 Å². The normalized spacial score (nSPS) is 15.9. The molecule has 0 bridgehead atoms. The number of sulfonamides is 1. The van der Waals surface area contributed by atoms with Gasteiger partial charge in [-0.25, -0.2) is 13.6 Å². The molecular formula is C13H16Cl2N2O3S. The smallest absolute Gasteiger partial charge is 0.251 e. The molecule has 0 saturated heterocycles. The minimum atomic E-state index is -4.06. The van der Waals surface area contributed by atoms with Gasteiger partial charge in [0.05, 0.1) is 10.0 Å². The maximum absolute atomic E-state index is 12.3. The van der Waals surface area contributed by atoms with Crippen molar-refractivity contribution >= 4 is 39.1 Å². The van der Waals surface area contributed by atoms with Gasteiger partial charge in [0.25, 0.3) is 5.91 Å². The van der Waals surface area contributed by atoms with Crippen molar-refractivity contribution < 1.29 is 13.2 Å². The minimum absolute atomic E-state index is 0.0300. The molecule has 0 atom stereocenters. The first kappa shape index (κ1) is 16.5. The Labute approximate surface area is 133 Å². The van der Waals surface area contributed by atoms with Crippen molar-refractivity contribution in [2.24, 2.45) is 11.1 Å². The number of amides is 1. The van der Waals surface area contributed by atoms with Gasteiger partial charge in [-0.05, 0) is 44.7 Å². The highest BCUT2D eigenvalue weighted by molar-refractivity contribution is 7.89. The van der Waals surface area contributed by atoms with Crippen molar-refractivity contribution in [2.45, 2.75) is 37.1 Å². The van der Waals surface area contributed by atoms with Crippen LogP contribution in [0.1, 0.15) is 37.0 Å². The van der Waals surface area contributed by atoms with Gasteiger partial charge in [-0.15, -0.1) is 0 Å². The average molecular weight is 351 g/mol. The van der Waals surface area contributed by atoms with Crippen LogP contribution >= 0.6 is 23.2 Å². The predicted octanol–water partition coefficient (Wildman–Crippen LogP) is 2.56. The highest BCUT2D eigenvalue weighted by Crippen LogP contribution is 2.39. The van der Waals surface area contributed by atoms with E-state index in [9.17, 15) is 13.2 Å². The Bertz CT molecular complexity index is 698. The zero-order valence-corrected chi connectivity index (χ0v) is 13.9. The summed E-state index contributed by atoms with van der Waals surface area (Å²) in [4.78, 5) is 11.9. The number of hydrogen-bond acceptors (Lipinski definition) is 3. The van der Waals surface area contributed by atoms with Gasteiger partial charge >= 0.3 is 0 Å². The number of hydrogen-bond donors (Lipinski definition) is 2. The van der Waals surface area contributed by atoms with Gasteiger partial charge in [0.15, 0.2) is 0 Å². The summed E-state index contributed by atoms with van der Waals surface area (Å²) in [5, 5.41) is 7.75. The molecule has 0 spiro atoms. The molecule has 2 rings (SSSR count). The lowest BCUT2D eigenvalue weighted by atomic mass is 9.98. The monoisotopic (exact) mass is 350 g/mol. The first-order valence-corrected chi connectivity index (χ1v) is 8.67. The predicted molar refractivity (Wildman–Crippen MR) is 82.1 cm³/mol. The first-order valence-electron chi connectivity index (χ1n) is 6.37. The number of carbonyl (C=O) groups excluding carboxylic acids is 1. The fourth-order valence-electron chi connectivity index (χ4n) is 2.17. The molecule has 0 unspecified atom stereocenters. The van der Waals surface area contributed by atoms with E-state index in [0.29, 0.717) is 5.92 Å². The third kappa shape index (κ3) is 3.69. The van der Waals surface area contributed by atoms with E-state index in [4.69, 9.17) is 28.3 Å². The standard InChI is InChI=1S/C13H16Cl2N2O3S/c1-13(2,8-3-4-8)17-12(18)7-5-9(14)11(15)10(6-7)21(16,19)20/h5-6,8H,3-4H2,1-2H3,(H,17,18)(H2,16,19,20). The SMILES string of the molecule is CC(C)(NC(=O)c1cc(Cl)c(Cl)c(S(N)(=O)=O)c1)C1CC1. The summed E-state index contributed by atoms with van der Waals surface area (Å²) in [5.74, 6) is 0.0253. The summed E-state index contributed by atoms with van der Waals surface area (Å²) in [5.41, 5.74) is -0.243. The van der Waals surface area contributed by atoms with Crippen LogP contribution in [0.25, 0.3) is 0 Å². The van der Waals surface area contributed by atoms with Crippen molar-refractivity contribution in [3.8, 4) is 0 Å². The van der Waals surface area contributed by atoms with Gasteiger partial charge in [-0.1, -0.05) is 23.2 Å². The Morgan fingerprint density at radius 3 is 2.38 bits per heavy atom. The number of nitrogens with one attached hydrogen (secondary N) is 1. The van der Waals surface area contributed by atoms with E-state index < -0.39 is 15.9 Å². The highest BCUT2D eigenvalue weighted by atomic mass is 35.5. The minimum Gasteiger partial charge on any atom is -0.347 e. The van der Waals surface area contributed by atoms with Crippen LogP contribution in [-0.2, 0) is 10.0 Å². The van der Waals surface area contributed by atoms with Crippen LogP contribution in [0.2, 0.25) is 10.0 Å². The molecule has 0 radical (unpaired) electrons. The number of halogens is 2. The lowest BCUT2D eigenvalue weighted by molar-refractivity contribution is 0.0903. The Kier molecular flexibility index (Phi) is 4.28. The number of nitrogens with two attached hydrogens (primary N) is 1. The zero-order valence-electron chi connectivity index (χ0n) is 11.6. The summed E-state index contributed by atoms with van der Waals surface area (Å²) in [7, 11) is -4.06. The molecule has 1 saturated carbocycles. The number of benzene rings is 1. The summed E-state index contributed by atoms with van der Waals surface area (Å²) < 4.78 is 23.0. The summed E-state index contributed by atoms with van der Waals surface area (Å²) in [6, 6.07) is 2.47. The van der Waals surface area contributed by atoms with Gasteiger partial charge < -0.3 is 5.32 Å². The maximum Gasteiger partial charge on any atom is 0.251 e. The lowest BCUT2D eigenvalue weighted by Crippen LogP contribution is -2.45. The van der Waals surface area contributed by atoms with Crippen LogP contribution in [0.15, 0.2) is 17.0 Å². The van der Waals surface area contributed by atoms with E-state index >= 15 is 0 Å². The number of carbonyl (C=O) groups is 1. The van der Waals surface area contributed by atoms with E-state index in [1.54, 1.807) is 0 Å². The molecule has 8 heteroatoms. The molecule has 0 aliphatic heterocycles. The summed E-state index contributed by atoms with van der Waals surface area (Å²) in [6.07, 6.45) is 2.13. The van der Waals surface area contributed by atoms with E-state index in [0.717, 1.165) is 18.9 Å². The molecule has 0 aromatic heterocycles. The van der Waals surface area contributed by atoms with E-state index in [2.05, 4.69) is 5.32 Å². The van der Waals surface area contributed by atoms with Crippen LogP contribution in [-0.4, -0.2) is 19.9 Å². The van der Waals surface area contributed by atoms with Crippen molar-refractivity contribution in [2.75, 3.05) is 0 Å². The lowest BCUT2D eigenvalue weighted by Gasteiger charge is -2.26. The van der Waals surface area contributed by atoms with E-state index in [1.165, 1.54) is 6.07 Å². The molecule has 1 aromatic carbocycles. The molecule has 1 aliphatic carbocycles. The Balaban J connectivity index is 2.36. The second kappa shape index (κ2) is 5.43. The fraction of sp³-hybridized carbons (Fsp3) is 0.462. The van der Waals surface area contributed by atoms with Gasteiger partial charge in [-0.2, -0.15) is 0 Å². The van der Waals surface area contributed by atoms with Crippen molar-refractivity contribution in [1.29, 1.82) is 0 Å². The second-order valence-electron chi connectivity index (χ2n) is 5.77. The molecular weight excluding hydrogens is 335 g/mol. The topological polar surface area (TPSA) is 89.3 Å². The third-order valence-corrected chi connectivity index (χ3v) is 5.45. The van der Waals surface area contributed by atoms with Gasteiger partial charge in [0.1, 0.15) is 4.90 Å². The van der Waals surface area contributed by atoms with Crippen molar-refractivity contribution in [3.63, 3.8) is 0 Å². The van der Waals surface area contributed by atoms with Crippen molar-refractivity contribution in [3.05, 3.63) is 27.7 Å². The van der Waals surface area contributed by atoms with Crippen LogP contribution in [0.3, 0.4) is 0 Å². The molecule has 0 heterocycles. The number of primary sulfonamides is 1. The average Bonchev–Trinajstić information content (AvgIpc) is 3.14. The highest BCUT2D eigenvalue weighted by Gasteiger charge is 2.39. The van der Waals surface area contributed by atoms with Crippen LogP contribution in [0.5, 0.6) is 0 Å². The fourth-order valence-corrected chi connectivity index (χ4v) is 3.53. The Morgan fingerprint density at radius 1 is 1.33 bits per heavy atom. The molecule has 1 amide bonds. The molecule has 3 N–H and O–H groups in total. The van der Waals surface area contributed by atoms with Crippen LogP contribution in [0.4, 0.5) is 0 Å². The second-order valence-corrected chi connectivity index (χ2v) is 8.08. The van der Waals surface area contributed by atoms with Gasteiger partial charge in [0, 0.05) is 11.1 Å². The van der Waals surface area contributed by atoms with Gasteiger partial charge in [-0.3, -0.25) is 4.79 Å².